The number of thiazole rings is 1. The molecule has 0 spiro atoms. The van der Waals surface area contributed by atoms with Gasteiger partial charge in [-0.1, -0.05) is 6.42 Å². The molecule has 6 heteroatoms. The summed E-state index contributed by atoms with van der Waals surface area (Å²) in [4.78, 5) is 30.4. The molecule has 1 saturated heterocycles. The molecule has 0 aromatic carbocycles. The van der Waals surface area contributed by atoms with Crippen LogP contribution in [0.3, 0.4) is 0 Å². The molecule has 2 amide bonds. The molecule has 0 unspecified atom stereocenters. The molecule has 4 atom stereocenters. The van der Waals surface area contributed by atoms with Crippen molar-refractivity contribution in [1.82, 2.24) is 10.3 Å². The van der Waals surface area contributed by atoms with Crippen LogP contribution in [0.5, 0.6) is 0 Å². The van der Waals surface area contributed by atoms with Crippen molar-refractivity contribution < 1.29 is 9.59 Å². The highest BCUT2D eigenvalue weighted by molar-refractivity contribution is 7.14. The van der Waals surface area contributed by atoms with E-state index in [-0.39, 0.29) is 17.9 Å². The highest BCUT2D eigenvalue weighted by Crippen LogP contribution is 2.49. The standard InChI is InChI=1S/C18H25N3O2S/c1-11(15-8-12-4-5-13(15)7-12)19-16(22)9-14-10-24-18(20-14)21-6-2-3-17(21)23/h10-13,15H,2-9H2,1H3,(H,19,22)/t11-,12-,13-,15+/m0/s1. The average Bonchev–Trinajstić information content (AvgIpc) is 3.30. The number of rotatable bonds is 5. The first kappa shape index (κ1) is 16.1. The first-order valence-electron chi connectivity index (χ1n) is 9.14. The maximum absolute atomic E-state index is 12.4. The van der Waals surface area contributed by atoms with E-state index in [9.17, 15) is 9.59 Å². The Kier molecular flexibility index (Phi) is 4.33. The molecule has 4 rings (SSSR count). The minimum atomic E-state index is 0.0508. The predicted octanol–water partition coefficient (Wildman–Crippen LogP) is 2.75. The second-order valence-corrected chi connectivity index (χ2v) is 8.48. The number of anilines is 1. The smallest absolute Gasteiger partial charge is 0.228 e. The number of hydrogen-bond acceptors (Lipinski definition) is 4. The van der Waals surface area contributed by atoms with Gasteiger partial charge in [-0.3, -0.25) is 14.5 Å². The van der Waals surface area contributed by atoms with Gasteiger partial charge < -0.3 is 5.32 Å². The number of fused-ring (bicyclic) bond motifs is 2. The van der Waals surface area contributed by atoms with E-state index in [1.807, 2.05) is 5.38 Å². The van der Waals surface area contributed by atoms with Crippen molar-refractivity contribution in [3.63, 3.8) is 0 Å². The van der Waals surface area contributed by atoms with Gasteiger partial charge in [-0.25, -0.2) is 4.98 Å². The fourth-order valence-corrected chi connectivity index (χ4v) is 5.70. The third kappa shape index (κ3) is 3.08. The van der Waals surface area contributed by atoms with Gasteiger partial charge in [0.1, 0.15) is 0 Å². The number of carbonyl (C=O) groups is 2. The van der Waals surface area contributed by atoms with Gasteiger partial charge in [0.2, 0.25) is 11.8 Å². The number of hydrogen-bond donors (Lipinski definition) is 1. The van der Waals surface area contributed by atoms with Crippen LogP contribution >= 0.6 is 11.3 Å². The SMILES string of the molecule is C[C@H](NC(=O)Cc1csc(N2CCCC2=O)n1)[C@H]1C[C@H]2CC[C@H]1C2. The first-order valence-corrected chi connectivity index (χ1v) is 10.0. The number of amides is 2. The quantitative estimate of drug-likeness (QED) is 0.891. The van der Waals surface area contributed by atoms with E-state index in [4.69, 9.17) is 0 Å². The first-order chi connectivity index (χ1) is 11.6. The largest absolute Gasteiger partial charge is 0.353 e. The summed E-state index contributed by atoms with van der Waals surface area (Å²) in [6.45, 7) is 2.90. The molecule has 130 valence electrons. The Labute approximate surface area is 146 Å². The van der Waals surface area contributed by atoms with Crippen molar-refractivity contribution in [3.05, 3.63) is 11.1 Å². The normalized spacial score (nSPS) is 30.1. The van der Waals surface area contributed by atoms with E-state index in [1.165, 1.54) is 37.0 Å². The third-order valence-electron chi connectivity index (χ3n) is 6.01. The van der Waals surface area contributed by atoms with E-state index >= 15 is 0 Å². The molecule has 1 N–H and O–H groups in total. The molecule has 24 heavy (non-hydrogen) atoms. The maximum Gasteiger partial charge on any atom is 0.228 e. The molecular formula is C18H25N3O2S. The van der Waals surface area contributed by atoms with Crippen molar-refractivity contribution >= 4 is 28.3 Å². The molecule has 2 saturated carbocycles. The van der Waals surface area contributed by atoms with Crippen molar-refractivity contribution in [2.45, 2.75) is 57.9 Å². The van der Waals surface area contributed by atoms with E-state index < -0.39 is 0 Å². The van der Waals surface area contributed by atoms with Crippen LogP contribution in [0.2, 0.25) is 0 Å². The van der Waals surface area contributed by atoms with Gasteiger partial charge in [-0.2, -0.15) is 0 Å². The summed E-state index contributed by atoms with van der Waals surface area (Å²) in [7, 11) is 0. The molecule has 1 aliphatic heterocycles. The highest BCUT2D eigenvalue weighted by atomic mass is 32.1. The van der Waals surface area contributed by atoms with Crippen molar-refractivity contribution in [2.24, 2.45) is 17.8 Å². The molecule has 5 nitrogen and oxygen atoms in total. The van der Waals surface area contributed by atoms with E-state index in [1.54, 1.807) is 4.90 Å². The molecular weight excluding hydrogens is 322 g/mol. The van der Waals surface area contributed by atoms with Crippen LogP contribution in [-0.4, -0.2) is 29.4 Å². The Bertz CT molecular complexity index is 644. The van der Waals surface area contributed by atoms with Crippen molar-refractivity contribution in [3.8, 4) is 0 Å². The van der Waals surface area contributed by atoms with Gasteiger partial charge in [0.15, 0.2) is 5.13 Å². The lowest BCUT2D eigenvalue weighted by Gasteiger charge is -2.28. The summed E-state index contributed by atoms with van der Waals surface area (Å²) in [5, 5.41) is 5.83. The Morgan fingerprint density at radius 3 is 3.00 bits per heavy atom. The Morgan fingerprint density at radius 1 is 1.46 bits per heavy atom. The predicted molar refractivity (Wildman–Crippen MR) is 93.9 cm³/mol. The lowest BCUT2D eigenvalue weighted by Crippen LogP contribution is -2.40. The van der Waals surface area contributed by atoms with Gasteiger partial charge in [0.25, 0.3) is 0 Å². The number of nitrogens with zero attached hydrogens (tertiary/aromatic N) is 2. The van der Waals surface area contributed by atoms with E-state index in [2.05, 4.69) is 17.2 Å². The average molecular weight is 347 g/mol. The van der Waals surface area contributed by atoms with Crippen LogP contribution in [-0.2, 0) is 16.0 Å². The molecule has 2 aliphatic carbocycles. The fraction of sp³-hybridized carbons (Fsp3) is 0.722. The molecule has 0 radical (unpaired) electrons. The zero-order valence-corrected chi connectivity index (χ0v) is 15.0. The molecule has 1 aromatic rings. The van der Waals surface area contributed by atoms with Crippen LogP contribution in [0.25, 0.3) is 0 Å². The monoisotopic (exact) mass is 347 g/mol. The van der Waals surface area contributed by atoms with Crippen molar-refractivity contribution in [2.75, 3.05) is 11.4 Å². The maximum atomic E-state index is 12.4. The van der Waals surface area contributed by atoms with Crippen LogP contribution in [0.15, 0.2) is 5.38 Å². The van der Waals surface area contributed by atoms with E-state index in [0.717, 1.165) is 35.6 Å². The minimum absolute atomic E-state index is 0.0508. The van der Waals surface area contributed by atoms with Gasteiger partial charge in [0, 0.05) is 24.4 Å². The molecule has 1 aromatic heterocycles. The van der Waals surface area contributed by atoms with Crippen LogP contribution < -0.4 is 10.2 Å². The Balaban J connectivity index is 1.31. The van der Waals surface area contributed by atoms with Crippen LogP contribution in [0.1, 0.15) is 51.1 Å². The fourth-order valence-electron chi connectivity index (χ4n) is 4.83. The number of carbonyl (C=O) groups excluding carboxylic acids is 2. The van der Waals surface area contributed by atoms with Gasteiger partial charge in [-0.15, -0.1) is 11.3 Å². The van der Waals surface area contributed by atoms with Crippen LogP contribution in [0.4, 0.5) is 5.13 Å². The third-order valence-corrected chi connectivity index (χ3v) is 6.92. The van der Waals surface area contributed by atoms with Gasteiger partial charge in [0.05, 0.1) is 12.1 Å². The molecule has 2 heterocycles. The topological polar surface area (TPSA) is 62.3 Å². The van der Waals surface area contributed by atoms with Gasteiger partial charge in [-0.05, 0) is 50.4 Å². The zero-order chi connectivity index (χ0) is 16.7. The van der Waals surface area contributed by atoms with Gasteiger partial charge >= 0.3 is 0 Å². The Morgan fingerprint density at radius 2 is 2.33 bits per heavy atom. The Hall–Kier alpha value is -1.43. The van der Waals surface area contributed by atoms with Crippen LogP contribution in [0, 0.1) is 17.8 Å². The summed E-state index contributed by atoms with van der Waals surface area (Å²) in [6.07, 6.45) is 7.19. The molecule has 3 aliphatic rings. The summed E-state index contributed by atoms with van der Waals surface area (Å²) in [5.74, 6) is 2.57. The second-order valence-electron chi connectivity index (χ2n) is 7.64. The second kappa shape index (κ2) is 6.47. The zero-order valence-electron chi connectivity index (χ0n) is 14.2. The lowest BCUT2D eigenvalue weighted by molar-refractivity contribution is -0.121. The summed E-state index contributed by atoms with van der Waals surface area (Å²) in [6, 6.07) is 0.256. The number of aromatic nitrogens is 1. The van der Waals surface area contributed by atoms with Crippen molar-refractivity contribution in [1.29, 1.82) is 0 Å². The summed E-state index contributed by atoms with van der Waals surface area (Å²) in [5.41, 5.74) is 0.771. The minimum Gasteiger partial charge on any atom is -0.353 e. The number of nitrogens with one attached hydrogen (secondary N) is 1. The molecule has 2 bridgehead atoms. The lowest BCUT2D eigenvalue weighted by atomic mass is 9.84. The molecule has 3 fully saturated rings. The summed E-state index contributed by atoms with van der Waals surface area (Å²) < 4.78 is 0. The highest BCUT2D eigenvalue weighted by Gasteiger charge is 2.42. The van der Waals surface area contributed by atoms with E-state index in [0.29, 0.717) is 18.8 Å². The summed E-state index contributed by atoms with van der Waals surface area (Å²) >= 11 is 1.46.